The summed E-state index contributed by atoms with van der Waals surface area (Å²) in [6.07, 6.45) is 7.85. The highest BCUT2D eigenvalue weighted by atomic mass is 16.5. The summed E-state index contributed by atoms with van der Waals surface area (Å²) in [6, 6.07) is 4.54. The Bertz CT molecular complexity index is 1440. The Labute approximate surface area is 185 Å². The van der Waals surface area contributed by atoms with E-state index in [0.717, 1.165) is 18.4 Å². The van der Waals surface area contributed by atoms with Gasteiger partial charge in [0.1, 0.15) is 27.9 Å². The second-order valence-corrected chi connectivity index (χ2v) is 8.22. The molecule has 2 aromatic carbocycles. The number of hydrogen-bond donors (Lipinski definition) is 2. The molecule has 166 valence electrons. The quantitative estimate of drug-likeness (QED) is 0.271. The van der Waals surface area contributed by atoms with Crippen molar-refractivity contribution in [2.24, 2.45) is 0 Å². The first-order chi connectivity index (χ1) is 15.3. The van der Waals surface area contributed by atoms with Gasteiger partial charge in [0, 0.05) is 17.7 Å². The third-order valence-corrected chi connectivity index (χ3v) is 5.64. The zero-order valence-corrected chi connectivity index (χ0v) is 18.6. The van der Waals surface area contributed by atoms with Crippen molar-refractivity contribution in [3.63, 3.8) is 0 Å². The van der Waals surface area contributed by atoms with E-state index in [1.54, 1.807) is 12.1 Å². The minimum atomic E-state index is -0.384. The van der Waals surface area contributed by atoms with Crippen LogP contribution in [-0.2, 0) is 6.42 Å². The number of rotatable bonds is 6. The topological polar surface area (TPSA) is 93.0 Å². The predicted molar refractivity (Wildman–Crippen MR) is 126 cm³/mol. The maximum atomic E-state index is 13.6. The van der Waals surface area contributed by atoms with Gasteiger partial charge in [-0.05, 0) is 46.1 Å². The number of furan rings is 1. The third-order valence-electron chi connectivity index (χ3n) is 5.64. The second-order valence-electron chi connectivity index (χ2n) is 8.22. The van der Waals surface area contributed by atoms with Crippen LogP contribution in [0.5, 0.6) is 17.2 Å². The fourth-order valence-corrected chi connectivity index (χ4v) is 4.01. The van der Waals surface area contributed by atoms with E-state index in [-0.39, 0.29) is 44.6 Å². The summed E-state index contributed by atoms with van der Waals surface area (Å²) in [5.74, 6) is -0.0777. The Balaban J connectivity index is 1.93. The molecule has 0 spiro atoms. The molecule has 4 rings (SSSR count). The van der Waals surface area contributed by atoms with Crippen molar-refractivity contribution >= 4 is 32.9 Å². The van der Waals surface area contributed by atoms with E-state index >= 15 is 0 Å². The number of ether oxygens (including phenoxy) is 1. The first kappa shape index (κ1) is 21.6. The average molecular weight is 434 g/mol. The average Bonchev–Trinajstić information content (AvgIpc) is 3.20. The van der Waals surface area contributed by atoms with Crippen LogP contribution < -0.4 is 10.2 Å². The molecular weight excluding hydrogens is 408 g/mol. The summed E-state index contributed by atoms with van der Waals surface area (Å²) in [4.78, 5) is 13.6. The number of phenols is 2. The Morgan fingerprint density at radius 2 is 1.81 bits per heavy atom. The Hall–Kier alpha value is -3.67. The second kappa shape index (κ2) is 8.46. The molecule has 2 heterocycles. The molecule has 0 radical (unpaired) electrons. The number of phenolic OH excluding ortho intramolecular Hbond substituents is 2. The van der Waals surface area contributed by atoms with Crippen LogP contribution in [0.1, 0.15) is 39.2 Å². The van der Waals surface area contributed by atoms with E-state index in [4.69, 9.17) is 13.6 Å². The fraction of sp³-hybridized carbons (Fsp3) is 0.269. The Kier molecular flexibility index (Phi) is 5.70. The lowest BCUT2D eigenvalue weighted by Crippen LogP contribution is -2.07. The molecule has 2 N–H and O–H groups in total. The molecule has 4 aromatic rings. The van der Waals surface area contributed by atoms with E-state index in [1.807, 2.05) is 13.0 Å². The van der Waals surface area contributed by atoms with Gasteiger partial charge in [0.05, 0.1) is 24.1 Å². The number of hydrogen-bond acceptors (Lipinski definition) is 6. The first-order valence-electron chi connectivity index (χ1n) is 10.5. The van der Waals surface area contributed by atoms with Gasteiger partial charge in [0.15, 0.2) is 11.5 Å². The van der Waals surface area contributed by atoms with E-state index in [1.165, 1.54) is 25.0 Å². The van der Waals surface area contributed by atoms with Gasteiger partial charge in [-0.2, -0.15) is 0 Å². The van der Waals surface area contributed by atoms with E-state index < -0.39 is 0 Å². The molecule has 0 amide bonds. The van der Waals surface area contributed by atoms with Crippen LogP contribution in [0.4, 0.5) is 0 Å². The minimum Gasteiger partial charge on any atom is -0.506 e. The molecule has 0 aliphatic carbocycles. The smallest absolute Gasteiger partial charge is 0.204 e. The molecule has 0 bridgehead atoms. The van der Waals surface area contributed by atoms with Gasteiger partial charge < -0.3 is 23.8 Å². The molecular formula is C26H26O6. The van der Waals surface area contributed by atoms with Gasteiger partial charge in [0.25, 0.3) is 0 Å². The van der Waals surface area contributed by atoms with Crippen LogP contribution in [-0.4, -0.2) is 17.3 Å². The highest BCUT2D eigenvalue weighted by Crippen LogP contribution is 2.40. The van der Waals surface area contributed by atoms with Crippen LogP contribution in [0.3, 0.4) is 0 Å². The normalized spacial score (nSPS) is 12.1. The van der Waals surface area contributed by atoms with Crippen molar-refractivity contribution in [2.75, 3.05) is 7.11 Å². The van der Waals surface area contributed by atoms with Gasteiger partial charge in [-0.25, -0.2) is 0 Å². The Morgan fingerprint density at radius 1 is 1.06 bits per heavy atom. The maximum Gasteiger partial charge on any atom is 0.204 e. The molecule has 32 heavy (non-hydrogen) atoms. The number of allylic oxidation sites excluding steroid dienone is 4. The lowest BCUT2D eigenvalue weighted by molar-refractivity contribution is 0.370. The SMILES string of the molecule is COc1c(O)cc2oc3cc4occc4c(O)c3c(=O)c2c1C/C=C(\C)CCC=C(C)C. The van der Waals surface area contributed by atoms with Gasteiger partial charge in [-0.3, -0.25) is 4.79 Å². The fourth-order valence-electron chi connectivity index (χ4n) is 4.01. The van der Waals surface area contributed by atoms with Crippen molar-refractivity contribution in [1.29, 1.82) is 0 Å². The van der Waals surface area contributed by atoms with E-state index in [2.05, 4.69) is 19.9 Å². The number of aromatic hydroxyl groups is 2. The highest BCUT2D eigenvalue weighted by Gasteiger charge is 2.22. The van der Waals surface area contributed by atoms with E-state index in [9.17, 15) is 15.0 Å². The summed E-state index contributed by atoms with van der Waals surface area (Å²) in [6.45, 7) is 6.17. The van der Waals surface area contributed by atoms with Gasteiger partial charge in [-0.15, -0.1) is 0 Å². The number of fused-ring (bicyclic) bond motifs is 3. The molecule has 0 aliphatic heterocycles. The molecule has 0 aliphatic rings. The summed E-state index contributed by atoms with van der Waals surface area (Å²) in [5, 5.41) is 22.1. The molecule has 0 fully saturated rings. The molecule has 2 aromatic heterocycles. The lowest BCUT2D eigenvalue weighted by atomic mass is 9.99. The maximum absolute atomic E-state index is 13.6. The molecule has 0 saturated heterocycles. The molecule has 0 unspecified atom stereocenters. The van der Waals surface area contributed by atoms with Crippen LogP contribution >= 0.6 is 0 Å². The molecule has 0 atom stereocenters. The van der Waals surface area contributed by atoms with Crippen LogP contribution in [0.15, 0.2) is 61.4 Å². The van der Waals surface area contributed by atoms with Crippen molar-refractivity contribution in [3.05, 3.63) is 63.5 Å². The number of methoxy groups -OCH3 is 1. The summed E-state index contributed by atoms with van der Waals surface area (Å²) < 4.78 is 16.7. The highest BCUT2D eigenvalue weighted by molar-refractivity contribution is 6.04. The lowest BCUT2D eigenvalue weighted by Gasteiger charge is -2.13. The summed E-state index contributed by atoms with van der Waals surface area (Å²) >= 11 is 0. The zero-order chi connectivity index (χ0) is 23.0. The minimum absolute atomic E-state index is 0.0738. The zero-order valence-electron chi connectivity index (χ0n) is 18.6. The van der Waals surface area contributed by atoms with Crippen LogP contribution in [0, 0.1) is 0 Å². The predicted octanol–water partition coefficient (Wildman–Crippen LogP) is 6.35. The third kappa shape index (κ3) is 3.73. The van der Waals surface area contributed by atoms with E-state index in [0.29, 0.717) is 23.0 Å². The summed E-state index contributed by atoms with van der Waals surface area (Å²) in [7, 11) is 1.45. The Morgan fingerprint density at radius 3 is 2.53 bits per heavy atom. The van der Waals surface area contributed by atoms with Crippen molar-refractivity contribution in [1.82, 2.24) is 0 Å². The number of benzene rings is 2. The van der Waals surface area contributed by atoms with Gasteiger partial charge in [0.2, 0.25) is 5.43 Å². The first-order valence-corrected chi connectivity index (χ1v) is 10.5. The monoisotopic (exact) mass is 434 g/mol. The molecule has 6 nitrogen and oxygen atoms in total. The van der Waals surface area contributed by atoms with Crippen LogP contribution in [0.2, 0.25) is 0 Å². The largest absolute Gasteiger partial charge is 0.506 e. The van der Waals surface area contributed by atoms with Gasteiger partial charge >= 0.3 is 0 Å². The standard InChI is InChI=1S/C26H26O6/c1-14(2)6-5-7-15(3)8-9-17-22-20(12-18(27)26(17)30-4)32-21-13-19-16(10-11-31-19)24(28)23(21)25(22)29/h6,8,10-13,27-28H,5,7,9H2,1-4H3/b15-8+. The molecule has 0 saturated carbocycles. The van der Waals surface area contributed by atoms with Crippen molar-refractivity contribution in [3.8, 4) is 17.2 Å². The van der Waals surface area contributed by atoms with Crippen molar-refractivity contribution in [2.45, 2.75) is 40.0 Å². The van der Waals surface area contributed by atoms with Crippen molar-refractivity contribution < 1.29 is 23.8 Å². The summed E-state index contributed by atoms with van der Waals surface area (Å²) in [5.41, 5.74) is 3.38. The van der Waals surface area contributed by atoms with Crippen LogP contribution in [0.25, 0.3) is 32.9 Å². The molecule has 6 heteroatoms. The van der Waals surface area contributed by atoms with Gasteiger partial charge in [-0.1, -0.05) is 23.3 Å².